The second-order valence-electron chi connectivity index (χ2n) is 6.14. The maximum Gasteiger partial charge on any atom is 0.491 e. The van der Waals surface area contributed by atoms with Gasteiger partial charge in [0, 0.05) is 4.88 Å². The molecule has 0 unspecified atom stereocenters. The molecule has 0 saturated carbocycles. The first-order chi connectivity index (χ1) is 9.71. The van der Waals surface area contributed by atoms with E-state index < -0.39 is 18.3 Å². The SMILES string of the molecule is CC(C)(O)C(C)(C)OB(O)c1ccc(-c2cccs2)cc1. The number of aliphatic hydroxyl groups is 1. The molecule has 2 aromatic rings. The summed E-state index contributed by atoms with van der Waals surface area (Å²) in [7, 11) is -1.07. The van der Waals surface area contributed by atoms with Crippen LogP contribution in [0.1, 0.15) is 27.7 Å². The van der Waals surface area contributed by atoms with Crippen LogP contribution in [0.2, 0.25) is 0 Å². The highest BCUT2D eigenvalue weighted by Crippen LogP contribution is 2.26. The van der Waals surface area contributed by atoms with Gasteiger partial charge in [-0.25, -0.2) is 0 Å². The van der Waals surface area contributed by atoms with Crippen molar-refractivity contribution in [2.24, 2.45) is 0 Å². The summed E-state index contributed by atoms with van der Waals surface area (Å²) in [5, 5.41) is 22.3. The van der Waals surface area contributed by atoms with Crippen LogP contribution in [0.3, 0.4) is 0 Å². The van der Waals surface area contributed by atoms with Crippen LogP contribution >= 0.6 is 11.3 Å². The Bertz CT molecular complexity index is 571. The molecule has 0 saturated heterocycles. The Hall–Kier alpha value is -1.14. The number of hydrogen-bond donors (Lipinski definition) is 2. The zero-order valence-corrected chi connectivity index (χ0v) is 13.6. The molecule has 0 aliphatic heterocycles. The van der Waals surface area contributed by atoms with Gasteiger partial charge in [0.2, 0.25) is 0 Å². The van der Waals surface area contributed by atoms with E-state index in [-0.39, 0.29) is 0 Å². The highest BCUT2D eigenvalue weighted by Gasteiger charge is 2.39. The van der Waals surface area contributed by atoms with Gasteiger partial charge in [-0.1, -0.05) is 30.3 Å². The molecule has 21 heavy (non-hydrogen) atoms. The van der Waals surface area contributed by atoms with Crippen molar-refractivity contribution < 1.29 is 14.8 Å². The molecular formula is C16H21BO3S. The van der Waals surface area contributed by atoms with Crippen molar-refractivity contribution in [3.63, 3.8) is 0 Å². The summed E-state index contributed by atoms with van der Waals surface area (Å²) in [5.74, 6) is 0. The van der Waals surface area contributed by atoms with Crippen LogP contribution in [0.5, 0.6) is 0 Å². The van der Waals surface area contributed by atoms with Crippen LogP contribution in [-0.2, 0) is 4.65 Å². The molecule has 2 rings (SSSR count). The van der Waals surface area contributed by atoms with Crippen molar-refractivity contribution in [3.8, 4) is 10.4 Å². The smallest absolute Gasteiger partial charge is 0.423 e. The summed E-state index contributed by atoms with van der Waals surface area (Å²) in [6, 6.07) is 11.7. The monoisotopic (exact) mass is 304 g/mol. The fraction of sp³-hybridized carbons (Fsp3) is 0.375. The Kier molecular flexibility index (Phi) is 4.59. The van der Waals surface area contributed by atoms with Gasteiger partial charge in [0.05, 0.1) is 11.2 Å². The summed E-state index contributed by atoms with van der Waals surface area (Å²) in [6.07, 6.45) is 0. The normalized spacial score (nSPS) is 12.5. The number of rotatable bonds is 5. The summed E-state index contributed by atoms with van der Waals surface area (Å²) < 4.78 is 5.63. The molecule has 0 radical (unpaired) electrons. The van der Waals surface area contributed by atoms with Crippen LogP contribution in [0, 0.1) is 0 Å². The summed E-state index contributed by atoms with van der Waals surface area (Å²) >= 11 is 1.68. The highest BCUT2D eigenvalue weighted by atomic mass is 32.1. The molecule has 0 atom stereocenters. The summed E-state index contributed by atoms with van der Waals surface area (Å²) in [4.78, 5) is 1.19. The zero-order valence-electron chi connectivity index (χ0n) is 12.8. The summed E-state index contributed by atoms with van der Waals surface area (Å²) in [6.45, 7) is 6.85. The molecule has 2 N–H and O–H groups in total. The third-order valence-corrected chi connectivity index (χ3v) is 4.80. The molecule has 0 fully saturated rings. The largest absolute Gasteiger partial charge is 0.491 e. The van der Waals surface area contributed by atoms with E-state index in [4.69, 9.17) is 4.65 Å². The van der Waals surface area contributed by atoms with Gasteiger partial charge in [-0.15, -0.1) is 11.3 Å². The zero-order chi connectivity index (χ0) is 15.7. The van der Waals surface area contributed by atoms with Gasteiger partial charge >= 0.3 is 7.12 Å². The quantitative estimate of drug-likeness (QED) is 0.835. The van der Waals surface area contributed by atoms with E-state index in [9.17, 15) is 10.1 Å². The Labute approximate surface area is 130 Å². The lowest BCUT2D eigenvalue weighted by molar-refractivity contribution is -0.0982. The van der Waals surface area contributed by atoms with E-state index in [1.54, 1.807) is 39.0 Å². The van der Waals surface area contributed by atoms with E-state index in [1.807, 2.05) is 35.7 Å². The molecule has 0 amide bonds. The molecule has 5 heteroatoms. The fourth-order valence-corrected chi connectivity index (χ4v) is 2.48. The van der Waals surface area contributed by atoms with Gasteiger partial charge in [0.1, 0.15) is 0 Å². The van der Waals surface area contributed by atoms with Gasteiger partial charge in [0.25, 0.3) is 0 Å². The molecule has 3 nitrogen and oxygen atoms in total. The van der Waals surface area contributed by atoms with Crippen molar-refractivity contribution in [2.75, 3.05) is 0 Å². The number of benzene rings is 1. The van der Waals surface area contributed by atoms with Crippen molar-refractivity contribution in [3.05, 3.63) is 41.8 Å². The van der Waals surface area contributed by atoms with Crippen molar-refractivity contribution >= 4 is 23.9 Å². The van der Waals surface area contributed by atoms with Crippen LogP contribution in [-0.4, -0.2) is 28.5 Å². The minimum Gasteiger partial charge on any atom is -0.423 e. The van der Waals surface area contributed by atoms with E-state index in [0.717, 1.165) is 5.56 Å². The topological polar surface area (TPSA) is 49.7 Å². The minimum atomic E-state index is -1.07. The maximum atomic E-state index is 10.2. The molecule has 0 aliphatic carbocycles. The van der Waals surface area contributed by atoms with Gasteiger partial charge in [0.15, 0.2) is 0 Å². The molecule has 0 aliphatic rings. The number of thiophene rings is 1. The third kappa shape index (κ3) is 3.74. The Morgan fingerprint density at radius 1 is 1.05 bits per heavy atom. The molecule has 112 valence electrons. The molecule has 0 spiro atoms. The molecule has 1 heterocycles. The first kappa shape index (κ1) is 16.2. The van der Waals surface area contributed by atoms with Crippen LogP contribution in [0.4, 0.5) is 0 Å². The first-order valence-electron chi connectivity index (χ1n) is 6.93. The maximum absolute atomic E-state index is 10.2. The predicted octanol–water partition coefficient (Wildman–Crippen LogP) is 2.67. The van der Waals surface area contributed by atoms with Gasteiger partial charge < -0.3 is 14.8 Å². The molecule has 1 aromatic carbocycles. The lowest BCUT2D eigenvalue weighted by atomic mass is 9.76. The minimum absolute atomic E-state index is 0.674. The second kappa shape index (κ2) is 5.93. The van der Waals surface area contributed by atoms with E-state index in [0.29, 0.717) is 5.46 Å². The first-order valence-corrected chi connectivity index (χ1v) is 7.81. The standard InChI is InChI=1S/C16H21BO3S/c1-15(2,18)16(3,4)20-17(19)13-9-7-12(8-10-13)14-6-5-11-21-14/h5-11,18-19H,1-4H3. The van der Waals surface area contributed by atoms with Crippen LogP contribution in [0.15, 0.2) is 41.8 Å². The van der Waals surface area contributed by atoms with Gasteiger partial charge in [-0.05, 0) is 50.2 Å². The second-order valence-corrected chi connectivity index (χ2v) is 7.09. The van der Waals surface area contributed by atoms with E-state index in [1.165, 1.54) is 4.88 Å². The summed E-state index contributed by atoms with van der Waals surface area (Å²) in [5.41, 5.74) is -0.126. The van der Waals surface area contributed by atoms with E-state index >= 15 is 0 Å². The third-order valence-electron chi connectivity index (χ3n) is 3.88. The number of hydrogen-bond acceptors (Lipinski definition) is 4. The fourth-order valence-electron chi connectivity index (χ4n) is 1.75. The Morgan fingerprint density at radius 2 is 1.67 bits per heavy atom. The average Bonchev–Trinajstić information content (AvgIpc) is 2.91. The molecule has 1 aromatic heterocycles. The van der Waals surface area contributed by atoms with Crippen LogP contribution in [0.25, 0.3) is 10.4 Å². The van der Waals surface area contributed by atoms with Gasteiger partial charge in [-0.3, -0.25) is 0 Å². The van der Waals surface area contributed by atoms with E-state index in [2.05, 4.69) is 6.07 Å². The van der Waals surface area contributed by atoms with Crippen molar-refractivity contribution in [2.45, 2.75) is 38.9 Å². The Morgan fingerprint density at radius 3 is 2.14 bits per heavy atom. The van der Waals surface area contributed by atoms with Crippen molar-refractivity contribution in [1.29, 1.82) is 0 Å². The highest BCUT2D eigenvalue weighted by molar-refractivity contribution is 7.13. The molecular weight excluding hydrogens is 283 g/mol. The average molecular weight is 304 g/mol. The lowest BCUT2D eigenvalue weighted by Crippen LogP contribution is -2.53. The van der Waals surface area contributed by atoms with Crippen molar-refractivity contribution in [1.82, 2.24) is 0 Å². The lowest BCUT2D eigenvalue weighted by Gasteiger charge is -2.38. The van der Waals surface area contributed by atoms with Gasteiger partial charge in [-0.2, -0.15) is 0 Å². The Balaban J connectivity index is 2.12. The van der Waals surface area contributed by atoms with Crippen LogP contribution < -0.4 is 5.46 Å². The molecule has 0 bridgehead atoms. The predicted molar refractivity (Wildman–Crippen MR) is 88.8 cm³/mol.